The van der Waals surface area contributed by atoms with Crippen LogP contribution in [0.2, 0.25) is 0 Å². The minimum Gasteiger partial charge on any atom is -0.464 e. The Labute approximate surface area is 113 Å². The molecule has 2 unspecified atom stereocenters. The van der Waals surface area contributed by atoms with Crippen LogP contribution < -0.4 is 5.32 Å². The van der Waals surface area contributed by atoms with E-state index in [1.807, 2.05) is 30.8 Å². The van der Waals surface area contributed by atoms with Crippen molar-refractivity contribution in [1.29, 1.82) is 0 Å². The van der Waals surface area contributed by atoms with Gasteiger partial charge in [0.2, 0.25) is 0 Å². The molecular formula is C14H22N2OS. The Morgan fingerprint density at radius 1 is 1.39 bits per heavy atom. The summed E-state index contributed by atoms with van der Waals surface area (Å²) in [5, 5.41) is 4.51. The third-order valence-corrected chi connectivity index (χ3v) is 4.17. The Bertz CT molecular complexity index is 425. The Balaban J connectivity index is 2.00. The molecule has 0 radical (unpaired) electrons. The summed E-state index contributed by atoms with van der Waals surface area (Å²) in [5.74, 6) is 3.70. The predicted molar refractivity (Wildman–Crippen MR) is 78.1 cm³/mol. The Morgan fingerprint density at radius 2 is 2.17 bits per heavy atom. The smallest absolute Gasteiger partial charge is 0.157 e. The van der Waals surface area contributed by atoms with Crippen molar-refractivity contribution in [3.63, 3.8) is 0 Å². The summed E-state index contributed by atoms with van der Waals surface area (Å²) in [6.45, 7) is 8.56. The maximum atomic E-state index is 5.63. The molecule has 0 saturated heterocycles. The molecule has 0 aromatic carbocycles. The number of hydrogen-bond donors (Lipinski definition) is 1. The van der Waals surface area contributed by atoms with Gasteiger partial charge in [0.15, 0.2) is 5.17 Å². The molecule has 1 N–H and O–H groups in total. The molecule has 0 bridgehead atoms. The van der Waals surface area contributed by atoms with E-state index < -0.39 is 0 Å². The van der Waals surface area contributed by atoms with Gasteiger partial charge in [-0.15, -0.1) is 0 Å². The fourth-order valence-electron chi connectivity index (χ4n) is 2.03. The number of hydrogen-bond acceptors (Lipinski definition) is 4. The first kappa shape index (κ1) is 13.5. The molecule has 100 valence electrons. The number of amidine groups is 1. The molecule has 2 heterocycles. The first-order valence-corrected chi connectivity index (χ1v) is 7.58. The zero-order valence-electron chi connectivity index (χ0n) is 11.6. The summed E-state index contributed by atoms with van der Waals surface area (Å²) < 4.78 is 5.63. The third kappa shape index (κ3) is 3.31. The fraction of sp³-hybridized carbons (Fsp3) is 0.643. The zero-order valence-corrected chi connectivity index (χ0v) is 12.4. The molecule has 0 spiro atoms. The van der Waals surface area contributed by atoms with Crippen molar-refractivity contribution >= 4 is 16.9 Å². The second-order valence-electron chi connectivity index (χ2n) is 5.20. The van der Waals surface area contributed by atoms with Crippen molar-refractivity contribution in [2.45, 2.75) is 46.2 Å². The molecule has 0 fully saturated rings. The maximum absolute atomic E-state index is 5.63. The Hall–Kier alpha value is -0.900. The summed E-state index contributed by atoms with van der Waals surface area (Å²) in [7, 11) is 0. The van der Waals surface area contributed by atoms with Gasteiger partial charge in [0.1, 0.15) is 11.5 Å². The highest BCUT2D eigenvalue weighted by molar-refractivity contribution is 8.13. The van der Waals surface area contributed by atoms with Crippen molar-refractivity contribution in [1.82, 2.24) is 5.32 Å². The number of nitrogens with zero attached hydrogens (tertiary/aromatic N) is 1. The largest absolute Gasteiger partial charge is 0.464 e. The van der Waals surface area contributed by atoms with E-state index in [4.69, 9.17) is 9.41 Å². The van der Waals surface area contributed by atoms with Crippen molar-refractivity contribution in [2.24, 2.45) is 10.9 Å². The van der Waals surface area contributed by atoms with E-state index in [1.165, 1.54) is 6.42 Å². The molecule has 1 aliphatic heterocycles. The van der Waals surface area contributed by atoms with E-state index in [9.17, 15) is 0 Å². The standard InChI is InChI=1S/C14H22N2OS/c1-9(2)12-7-8-18-14(16-12)15-11(4)13-6-5-10(3)17-13/h5-6,9,11-12H,7-8H2,1-4H3,(H,15,16). The van der Waals surface area contributed by atoms with Crippen LogP contribution in [0.3, 0.4) is 0 Å². The van der Waals surface area contributed by atoms with E-state index >= 15 is 0 Å². The second-order valence-corrected chi connectivity index (χ2v) is 6.28. The van der Waals surface area contributed by atoms with Gasteiger partial charge < -0.3 is 9.73 Å². The minimum absolute atomic E-state index is 0.177. The van der Waals surface area contributed by atoms with E-state index in [2.05, 4.69) is 26.1 Å². The number of furan rings is 1. The minimum atomic E-state index is 0.177. The zero-order chi connectivity index (χ0) is 13.1. The Kier molecular flexibility index (Phi) is 4.38. The summed E-state index contributed by atoms with van der Waals surface area (Å²) in [4.78, 5) is 4.78. The summed E-state index contributed by atoms with van der Waals surface area (Å²) in [6, 6.07) is 4.66. The topological polar surface area (TPSA) is 37.5 Å². The number of thioether (sulfide) groups is 1. The van der Waals surface area contributed by atoms with Crippen LogP contribution in [0.5, 0.6) is 0 Å². The number of rotatable bonds is 3. The highest BCUT2D eigenvalue weighted by atomic mass is 32.2. The molecule has 1 aliphatic rings. The molecule has 1 aromatic heterocycles. The maximum Gasteiger partial charge on any atom is 0.157 e. The number of aliphatic imine (C=N–C) groups is 1. The van der Waals surface area contributed by atoms with Crippen LogP contribution in [-0.4, -0.2) is 17.0 Å². The van der Waals surface area contributed by atoms with Gasteiger partial charge in [-0.25, -0.2) is 0 Å². The number of aryl methyl sites for hydroxylation is 1. The first-order valence-electron chi connectivity index (χ1n) is 6.59. The van der Waals surface area contributed by atoms with Gasteiger partial charge in [-0.05, 0) is 38.3 Å². The van der Waals surface area contributed by atoms with Crippen LogP contribution in [0.1, 0.15) is 44.8 Å². The molecule has 2 atom stereocenters. The normalized spacial score (nSPS) is 21.8. The van der Waals surface area contributed by atoms with Crippen LogP contribution in [0.15, 0.2) is 21.5 Å². The van der Waals surface area contributed by atoms with Crippen LogP contribution in [0.4, 0.5) is 0 Å². The highest BCUT2D eigenvalue weighted by Gasteiger charge is 2.20. The van der Waals surface area contributed by atoms with Crippen molar-refractivity contribution in [2.75, 3.05) is 5.75 Å². The van der Waals surface area contributed by atoms with Crippen molar-refractivity contribution in [3.8, 4) is 0 Å². The highest BCUT2D eigenvalue weighted by Crippen LogP contribution is 2.24. The van der Waals surface area contributed by atoms with Gasteiger partial charge >= 0.3 is 0 Å². The predicted octanol–water partition coefficient (Wildman–Crippen LogP) is 3.76. The van der Waals surface area contributed by atoms with Crippen molar-refractivity contribution in [3.05, 3.63) is 23.7 Å². The summed E-state index contributed by atoms with van der Waals surface area (Å²) >= 11 is 1.81. The molecule has 3 nitrogen and oxygen atoms in total. The molecular weight excluding hydrogens is 244 g/mol. The van der Waals surface area contributed by atoms with Gasteiger partial charge in [0, 0.05) is 5.75 Å². The molecule has 0 aliphatic carbocycles. The van der Waals surface area contributed by atoms with Crippen LogP contribution in [0.25, 0.3) is 0 Å². The van der Waals surface area contributed by atoms with Gasteiger partial charge in [0.25, 0.3) is 0 Å². The lowest BCUT2D eigenvalue weighted by Crippen LogP contribution is -2.30. The molecule has 2 rings (SSSR count). The fourth-order valence-corrected chi connectivity index (χ4v) is 3.06. The molecule has 1 aromatic rings. The summed E-state index contributed by atoms with van der Waals surface area (Å²) in [5.41, 5.74) is 0. The molecule has 18 heavy (non-hydrogen) atoms. The summed E-state index contributed by atoms with van der Waals surface area (Å²) in [6.07, 6.45) is 1.18. The van der Waals surface area contributed by atoms with E-state index in [1.54, 1.807) is 0 Å². The van der Waals surface area contributed by atoms with Gasteiger partial charge in [-0.3, -0.25) is 4.99 Å². The molecule has 0 saturated carbocycles. The second kappa shape index (κ2) is 5.83. The monoisotopic (exact) mass is 266 g/mol. The first-order chi connectivity index (χ1) is 8.56. The average molecular weight is 266 g/mol. The average Bonchev–Trinajstić information content (AvgIpc) is 2.76. The van der Waals surface area contributed by atoms with Gasteiger partial charge in [-0.2, -0.15) is 0 Å². The van der Waals surface area contributed by atoms with E-state index in [-0.39, 0.29) is 6.04 Å². The van der Waals surface area contributed by atoms with Crippen LogP contribution in [-0.2, 0) is 0 Å². The lowest BCUT2D eigenvalue weighted by molar-refractivity contribution is 0.441. The lowest BCUT2D eigenvalue weighted by Gasteiger charge is -2.24. The van der Waals surface area contributed by atoms with Gasteiger partial charge in [0.05, 0.1) is 12.1 Å². The van der Waals surface area contributed by atoms with E-state index in [0.717, 1.165) is 22.4 Å². The van der Waals surface area contributed by atoms with Crippen LogP contribution in [0, 0.1) is 12.8 Å². The number of nitrogens with one attached hydrogen (secondary N) is 1. The quantitative estimate of drug-likeness (QED) is 0.905. The molecule has 0 amide bonds. The van der Waals surface area contributed by atoms with Gasteiger partial charge in [-0.1, -0.05) is 25.6 Å². The van der Waals surface area contributed by atoms with E-state index in [0.29, 0.717) is 12.0 Å². The van der Waals surface area contributed by atoms with Crippen molar-refractivity contribution < 1.29 is 4.42 Å². The Morgan fingerprint density at radius 3 is 2.78 bits per heavy atom. The SMILES string of the molecule is Cc1ccc(C(C)NC2=NC(C(C)C)CCS2)o1. The molecule has 4 heteroatoms. The third-order valence-electron chi connectivity index (χ3n) is 3.23. The van der Waals surface area contributed by atoms with Crippen LogP contribution >= 0.6 is 11.8 Å². The lowest BCUT2D eigenvalue weighted by atomic mass is 10.0.